The highest BCUT2D eigenvalue weighted by molar-refractivity contribution is 5.77. The Balaban J connectivity index is 2.30. The van der Waals surface area contributed by atoms with Crippen molar-refractivity contribution < 1.29 is 79.4 Å². The molecule has 3 aromatic rings. The van der Waals surface area contributed by atoms with Crippen LogP contribution < -0.4 is 4.74 Å². The highest BCUT2D eigenvalue weighted by Crippen LogP contribution is 2.65. The monoisotopic (exact) mass is 706 g/mol. The van der Waals surface area contributed by atoms with E-state index in [-0.39, 0.29) is 16.9 Å². The van der Waals surface area contributed by atoms with Crippen LogP contribution in [0.15, 0.2) is 36.4 Å². The number of hydrogen-bond acceptors (Lipinski definition) is 3. The second-order valence-electron chi connectivity index (χ2n) is 9.84. The number of nitrogens with zero attached hydrogens (tertiary/aromatic N) is 2. The molecule has 1 aromatic heterocycles. The van der Waals surface area contributed by atoms with E-state index in [1.165, 1.54) is 33.1 Å². The molecule has 0 aliphatic rings. The first-order chi connectivity index (χ1) is 21.0. The average Bonchev–Trinajstić information content (AvgIpc) is 2.95. The molecule has 0 saturated carbocycles. The molecule has 0 fully saturated rings. The summed E-state index contributed by atoms with van der Waals surface area (Å²) in [5.41, 5.74) is -5.22. The lowest BCUT2D eigenvalue weighted by Crippen LogP contribution is -2.74. The summed E-state index contributed by atoms with van der Waals surface area (Å²) in [4.78, 5) is 6.53. The van der Waals surface area contributed by atoms with Crippen molar-refractivity contribution in [3.63, 3.8) is 0 Å². The third-order valence-corrected chi connectivity index (χ3v) is 6.71. The molecule has 20 heteroatoms. The van der Waals surface area contributed by atoms with Gasteiger partial charge in [-0.25, -0.2) is 9.97 Å². The Labute approximate surface area is 251 Å². The van der Waals surface area contributed by atoms with Crippen molar-refractivity contribution in [3.05, 3.63) is 64.5 Å². The number of alkyl halides is 17. The number of aryl methyl sites for hydroxylation is 2. The second kappa shape index (κ2) is 11.3. The first-order valence-corrected chi connectivity index (χ1v) is 12.2. The summed E-state index contributed by atoms with van der Waals surface area (Å²) in [5.74, 6) is -53.7. The molecule has 0 saturated heterocycles. The van der Waals surface area contributed by atoms with Crippen molar-refractivity contribution in [2.45, 2.75) is 61.5 Å². The van der Waals surface area contributed by atoms with Crippen LogP contribution in [0.3, 0.4) is 0 Å². The van der Waals surface area contributed by atoms with Crippen LogP contribution >= 0.6 is 0 Å². The quantitative estimate of drug-likeness (QED) is 0.173. The average molecular weight is 706 g/mol. The highest BCUT2D eigenvalue weighted by Gasteiger charge is 2.95. The van der Waals surface area contributed by atoms with Crippen LogP contribution in [0.25, 0.3) is 11.0 Å². The van der Waals surface area contributed by atoms with Gasteiger partial charge in [-0.1, -0.05) is 5.92 Å². The van der Waals surface area contributed by atoms with Gasteiger partial charge in [0.25, 0.3) is 0 Å². The smallest absolute Gasteiger partial charge is 0.460 e. The van der Waals surface area contributed by atoms with Gasteiger partial charge in [0.1, 0.15) is 11.4 Å². The fourth-order valence-corrected chi connectivity index (χ4v) is 3.74. The molecular weight excluding hydrogens is 691 g/mol. The Morgan fingerprint density at radius 1 is 0.532 bits per heavy atom. The molecule has 0 N–H and O–H groups in total. The normalized spacial score (nSPS) is 14.2. The third-order valence-electron chi connectivity index (χ3n) is 6.71. The number of aromatic nitrogens is 2. The molecule has 0 aliphatic carbocycles. The summed E-state index contributed by atoms with van der Waals surface area (Å²) in [5, 5.41) is 0. The lowest BCUT2D eigenvalue weighted by molar-refractivity contribution is -0.462. The number of hydrogen-bond donors (Lipinski definition) is 0. The summed E-state index contributed by atoms with van der Waals surface area (Å²) in [7, 11) is 1.24. The molecule has 0 radical (unpaired) electrons. The van der Waals surface area contributed by atoms with Crippen LogP contribution in [0.4, 0.5) is 74.6 Å². The van der Waals surface area contributed by atoms with Gasteiger partial charge in [-0.2, -0.15) is 74.6 Å². The van der Waals surface area contributed by atoms with Crippen LogP contribution in [-0.4, -0.2) is 58.8 Å². The maximum atomic E-state index is 15.3. The zero-order chi connectivity index (χ0) is 36.4. The van der Waals surface area contributed by atoms with Crippen molar-refractivity contribution in [2.24, 2.45) is 0 Å². The second-order valence-corrected chi connectivity index (χ2v) is 9.84. The van der Waals surface area contributed by atoms with E-state index in [1.807, 2.05) is 0 Å². The molecule has 0 bridgehead atoms. The van der Waals surface area contributed by atoms with E-state index in [9.17, 15) is 65.9 Å². The van der Waals surface area contributed by atoms with Gasteiger partial charge in [-0.15, -0.1) is 0 Å². The van der Waals surface area contributed by atoms with Gasteiger partial charge >= 0.3 is 47.6 Å². The van der Waals surface area contributed by atoms with E-state index in [4.69, 9.17) is 4.74 Å². The molecule has 0 unspecified atom stereocenters. The van der Waals surface area contributed by atoms with E-state index in [0.29, 0.717) is 5.56 Å². The fourth-order valence-electron chi connectivity index (χ4n) is 3.74. The first-order valence-electron chi connectivity index (χ1n) is 12.2. The Morgan fingerprint density at radius 2 is 0.936 bits per heavy atom. The minimum Gasteiger partial charge on any atom is -0.497 e. The zero-order valence-corrected chi connectivity index (χ0v) is 23.2. The topological polar surface area (TPSA) is 35.0 Å². The van der Waals surface area contributed by atoms with Gasteiger partial charge in [0.15, 0.2) is 5.69 Å². The van der Waals surface area contributed by atoms with Crippen molar-refractivity contribution in [2.75, 3.05) is 7.11 Å². The molecule has 47 heavy (non-hydrogen) atoms. The summed E-state index contributed by atoms with van der Waals surface area (Å²) in [6.07, 6.45) is -7.84. The van der Waals surface area contributed by atoms with E-state index in [1.54, 1.807) is 5.92 Å². The Kier molecular flexibility index (Phi) is 8.98. The predicted octanol–water partition coefficient (Wildman–Crippen LogP) is 9.12. The van der Waals surface area contributed by atoms with E-state index < -0.39 is 70.1 Å². The molecule has 0 aliphatic heterocycles. The largest absolute Gasteiger partial charge is 0.497 e. The fraction of sp³-hybridized carbons (Fsp3) is 0.407. The maximum absolute atomic E-state index is 15.3. The summed E-state index contributed by atoms with van der Waals surface area (Å²) in [6, 6.07) is 6.74. The third kappa shape index (κ3) is 5.54. The molecule has 0 spiro atoms. The first kappa shape index (κ1) is 37.4. The van der Waals surface area contributed by atoms with Crippen molar-refractivity contribution in [1.82, 2.24) is 9.97 Å². The zero-order valence-electron chi connectivity index (χ0n) is 23.2. The van der Waals surface area contributed by atoms with Gasteiger partial charge in [0, 0.05) is 5.56 Å². The Bertz CT molecular complexity index is 1720. The summed E-state index contributed by atoms with van der Waals surface area (Å²) >= 11 is 0. The summed E-state index contributed by atoms with van der Waals surface area (Å²) in [6.45, 7) is 2.73. The number of rotatable bonds is 8. The highest BCUT2D eigenvalue weighted by atomic mass is 19.4. The summed E-state index contributed by atoms with van der Waals surface area (Å²) < 4.78 is 241. The standard InChI is InChI=1S/C27H15F17N2O/c1-12-10-17-18(11-13(12)2)46-19(16(45-17)9-6-14-4-7-15(47-3)8-5-14)20(28,29)21(30,31)22(32,33)23(34,35)24(36,37)25(38,39)26(40,41)27(42,43)44/h4-5,7-8,10-11H,1-3H3. The number of methoxy groups -OCH3 is 1. The SMILES string of the molecule is COc1ccc(C#Cc2nc3cc(C)c(C)cc3nc2C(F)(F)C(F)(F)C(F)(F)C(F)(F)C(F)(F)C(F)(F)C(F)(F)C(F)(F)F)cc1. The van der Waals surface area contributed by atoms with Gasteiger partial charge < -0.3 is 4.74 Å². The molecular formula is C27H15F17N2O. The molecule has 0 amide bonds. The minimum atomic E-state index is -8.75. The van der Waals surface area contributed by atoms with Gasteiger partial charge in [0.05, 0.1) is 18.1 Å². The predicted molar refractivity (Wildman–Crippen MR) is 128 cm³/mol. The maximum Gasteiger partial charge on any atom is 0.460 e. The number of fused-ring (bicyclic) bond motifs is 1. The molecule has 2 aromatic carbocycles. The van der Waals surface area contributed by atoms with E-state index >= 15 is 8.78 Å². The van der Waals surface area contributed by atoms with Crippen LogP contribution in [0.1, 0.15) is 28.1 Å². The van der Waals surface area contributed by atoms with Crippen LogP contribution in [0.5, 0.6) is 5.75 Å². The molecule has 258 valence electrons. The van der Waals surface area contributed by atoms with Gasteiger partial charge in [-0.05, 0) is 67.3 Å². The van der Waals surface area contributed by atoms with Crippen molar-refractivity contribution >= 4 is 11.0 Å². The minimum absolute atomic E-state index is 0.127. The number of halogens is 17. The molecule has 1 heterocycles. The van der Waals surface area contributed by atoms with Crippen molar-refractivity contribution in [1.29, 1.82) is 0 Å². The molecule has 0 atom stereocenters. The van der Waals surface area contributed by atoms with Crippen LogP contribution in [-0.2, 0) is 5.92 Å². The number of benzene rings is 2. The molecule has 3 nitrogen and oxygen atoms in total. The lowest BCUT2D eigenvalue weighted by Gasteiger charge is -2.42. The van der Waals surface area contributed by atoms with Crippen LogP contribution in [0, 0.1) is 25.7 Å². The lowest BCUT2D eigenvalue weighted by atomic mass is 9.88. The Hall–Kier alpha value is -4.05. The number of ether oxygens (including phenoxy) is 1. The Morgan fingerprint density at radius 3 is 1.36 bits per heavy atom. The van der Waals surface area contributed by atoms with Crippen molar-refractivity contribution in [3.8, 4) is 17.6 Å². The van der Waals surface area contributed by atoms with Gasteiger partial charge in [0.2, 0.25) is 0 Å². The molecule has 3 rings (SSSR count). The van der Waals surface area contributed by atoms with E-state index in [2.05, 4.69) is 15.9 Å². The van der Waals surface area contributed by atoms with Gasteiger partial charge in [-0.3, -0.25) is 0 Å². The van der Waals surface area contributed by atoms with Crippen LogP contribution in [0.2, 0.25) is 0 Å². The van der Waals surface area contributed by atoms with E-state index in [0.717, 1.165) is 24.3 Å².